The van der Waals surface area contributed by atoms with Gasteiger partial charge in [0.15, 0.2) is 5.69 Å². The highest BCUT2D eigenvalue weighted by molar-refractivity contribution is 5.88. The molecule has 2 aromatic heterocycles. The van der Waals surface area contributed by atoms with E-state index in [1.807, 2.05) is 0 Å². The Morgan fingerprint density at radius 2 is 2.36 bits per heavy atom. The van der Waals surface area contributed by atoms with Gasteiger partial charge in [-0.2, -0.15) is 0 Å². The number of rotatable bonds is 1. The summed E-state index contributed by atoms with van der Waals surface area (Å²) < 4.78 is 1.51. The van der Waals surface area contributed by atoms with Crippen LogP contribution in [0.15, 0.2) is 18.3 Å². The third-order valence-electron chi connectivity index (χ3n) is 2.03. The number of fused-ring (bicyclic) bond motifs is 1. The summed E-state index contributed by atoms with van der Waals surface area (Å²) in [7, 11) is 0. The highest BCUT2D eigenvalue weighted by atomic mass is 16.4. The first-order valence-corrected chi connectivity index (χ1v) is 4.07. The molecule has 2 rings (SSSR count). The van der Waals surface area contributed by atoms with Gasteiger partial charge >= 0.3 is 5.97 Å². The third kappa shape index (κ3) is 1.10. The summed E-state index contributed by atoms with van der Waals surface area (Å²) in [5.74, 6) is -0.986. The first-order chi connectivity index (χ1) is 6.59. The zero-order valence-electron chi connectivity index (χ0n) is 7.56. The largest absolute Gasteiger partial charge is 0.477 e. The maximum absolute atomic E-state index is 10.9. The van der Waals surface area contributed by atoms with Gasteiger partial charge in [0.05, 0.1) is 5.69 Å². The molecule has 0 fully saturated rings. The number of aromatic nitrogens is 2. The van der Waals surface area contributed by atoms with Crippen LogP contribution >= 0.6 is 0 Å². The van der Waals surface area contributed by atoms with E-state index in [0.717, 1.165) is 0 Å². The molecule has 5 nitrogen and oxygen atoms in total. The van der Waals surface area contributed by atoms with Gasteiger partial charge in [0.25, 0.3) is 0 Å². The van der Waals surface area contributed by atoms with Crippen molar-refractivity contribution >= 4 is 17.3 Å². The van der Waals surface area contributed by atoms with Crippen LogP contribution in [0.4, 0.5) is 5.69 Å². The van der Waals surface area contributed by atoms with Crippen LogP contribution in [0.2, 0.25) is 0 Å². The molecule has 72 valence electrons. The monoisotopic (exact) mass is 191 g/mol. The minimum atomic E-state index is -0.986. The average Bonchev–Trinajstić information content (AvgIpc) is 2.39. The molecule has 5 heteroatoms. The Balaban J connectivity index is 2.84. The van der Waals surface area contributed by atoms with Gasteiger partial charge in [0, 0.05) is 18.0 Å². The number of pyridine rings is 1. The molecule has 0 aliphatic rings. The lowest BCUT2D eigenvalue weighted by molar-refractivity contribution is 0.0688. The molecule has 0 atom stereocenters. The van der Waals surface area contributed by atoms with E-state index < -0.39 is 5.97 Å². The minimum absolute atomic E-state index is 0.181. The zero-order chi connectivity index (χ0) is 10.3. The van der Waals surface area contributed by atoms with Crippen molar-refractivity contribution in [2.24, 2.45) is 0 Å². The van der Waals surface area contributed by atoms with Crippen LogP contribution < -0.4 is 5.73 Å². The van der Waals surface area contributed by atoms with Gasteiger partial charge in [-0.3, -0.25) is 4.40 Å². The molecule has 0 saturated heterocycles. The molecule has 0 aliphatic heterocycles. The Kier molecular flexibility index (Phi) is 1.67. The van der Waals surface area contributed by atoms with Crippen molar-refractivity contribution in [3.63, 3.8) is 0 Å². The molecule has 0 saturated carbocycles. The molecule has 0 aromatic carbocycles. The first kappa shape index (κ1) is 8.55. The van der Waals surface area contributed by atoms with Gasteiger partial charge in [0.2, 0.25) is 0 Å². The number of aryl methyl sites for hydroxylation is 1. The van der Waals surface area contributed by atoms with E-state index in [-0.39, 0.29) is 5.69 Å². The lowest BCUT2D eigenvalue weighted by atomic mass is 10.3. The normalized spacial score (nSPS) is 10.6. The Morgan fingerprint density at radius 3 is 3.00 bits per heavy atom. The predicted octanol–water partition coefficient (Wildman–Crippen LogP) is 0.923. The van der Waals surface area contributed by atoms with Crippen LogP contribution in [-0.4, -0.2) is 20.5 Å². The van der Waals surface area contributed by atoms with Crippen molar-refractivity contribution in [1.29, 1.82) is 0 Å². The standard InChI is InChI=1S/C9H9N3O2/c1-5-8(9(13)14)12-3-2-6(10)4-7(12)11-5/h2-4H,10H2,1H3,(H,13,14). The van der Waals surface area contributed by atoms with E-state index in [9.17, 15) is 4.79 Å². The van der Waals surface area contributed by atoms with Gasteiger partial charge < -0.3 is 10.8 Å². The molecule has 2 aromatic rings. The SMILES string of the molecule is Cc1nc2cc(N)ccn2c1C(=O)O. The number of aromatic carboxylic acids is 1. The molecule has 0 aliphatic carbocycles. The fraction of sp³-hybridized carbons (Fsp3) is 0.111. The fourth-order valence-corrected chi connectivity index (χ4v) is 1.44. The number of nitrogen functional groups attached to an aromatic ring is 1. The highest BCUT2D eigenvalue weighted by Gasteiger charge is 2.14. The number of carbonyl (C=O) groups is 1. The molecule has 2 heterocycles. The molecular formula is C9H9N3O2. The summed E-state index contributed by atoms with van der Waals surface area (Å²) in [6.07, 6.45) is 1.61. The maximum Gasteiger partial charge on any atom is 0.354 e. The molecule has 0 bridgehead atoms. The number of anilines is 1. The molecule has 0 amide bonds. The summed E-state index contributed by atoms with van der Waals surface area (Å²) in [6, 6.07) is 3.28. The second-order valence-corrected chi connectivity index (χ2v) is 3.04. The number of carboxylic acids is 1. The van der Waals surface area contributed by atoms with E-state index in [1.54, 1.807) is 25.3 Å². The molecule has 0 radical (unpaired) electrons. The second-order valence-electron chi connectivity index (χ2n) is 3.04. The number of hydrogen-bond donors (Lipinski definition) is 2. The summed E-state index contributed by atoms with van der Waals surface area (Å²) in [4.78, 5) is 15.0. The summed E-state index contributed by atoms with van der Waals surface area (Å²) in [5, 5.41) is 8.93. The zero-order valence-corrected chi connectivity index (χ0v) is 7.56. The van der Waals surface area contributed by atoms with Gasteiger partial charge in [-0.05, 0) is 13.0 Å². The van der Waals surface area contributed by atoms with Crippen LogP contribution in [0.3, 0.4) is 0 Å². The molecule has 0 spiro atoms. The van der Waals surface area contributed by atoms with Crippen molar-refractivity contribution in [1.82, 2.24) is 9.38 Å². The average molecular weight is 191 g/mol. The van der Waals surface area contributed by atoms with Crippen LogP contribution in [0.1, 0.15) is 16.2 Å². The second kappa shape index (κ2) is 2.73. The number of nitrogens with two attached hydrogens (primary N) is 1. The number of carboxylic acid groups (broad SMARTS) is 1. The van der Waals surface area contributed by atoms with Crippen LogP contribution in [-0.2, 0) is 0 Å². The summed E-state index contributed by atoms with van der Waals surface area (Å²) >= 11 is 0. The predicted molar refractivity (Wildman–Crippen MR) is 51.3 cm³/mol. The van der Waals surface area contributed by atoms with Crippen LogP contribution in [0.25, 0.3) is 5.65 Å². The Bertz CT molecular complexity index is 516. The van der Waals surface area contributed by atoms with Crippen molar-refractivity contribution < 1.29 is 9.90 Å². The summed E-state index contributed by atoms with van der Waals surface area (Å²) in [5.41, 5.74) is 7.35. The fourth-order valence-electron chi connectivity index (χ4n) is 1.44. The lowest BCUT2D eigenvalue weighted by Crippen LogP contribution is -2.03. The molecule has 0 unspecified atom stereocenters. The molecule has 3 N–H and O–H groups in total. The highest BCUT2D eigenvalue weighted by Crippen LogP contribution is 2.14. The van der Waals surface area contributed by atoms with E-state index in [1.165, 1.54) is 4.40 Å². The quantitative estimate of drug-likeness (QED) is 0.702. The van der Waals surface area contributed by atoms with Crippen molar-refractivity contribution in [3.8, 4) is 0 Å². The molecule has 14 heavy (non-hydrogen) atoms. The van der Waals surface area contributed by atoms with E-state index >= 15 is 0 Å². The van der Waals surface area contributed by atoms with Gasteiger partial charge in [-0.25, -0.2) is 9.78 Å². The van der Waals surface area contributed by atoms with Gasteiger partial charge in [0.1, 0.15) is 5.65 Å². The molecular weight excluding hydrogens is 182 g/mol. The Hall–Kier alpha value is -2.04. The third-order valence-corrected chi connectivity index (χ3v) is 2.03. The number of hydrogen-bond acceptors (Lipinski definition) is 3. The van der Waals surface area contributed by atoms with Crippen molar-refractivity contribution in [2.75, 3.05) is 5.73 Å². The maximum atomic E-state index is 10.9. The van der Waals surface area contributed by atoms with Crippen LogP contribution in [0.5, 0.6) is 0 Å². The van der Waals surface area contributed by atoms with Crippen molar-refractivity contribution in [3.05, 3.63) is 29.7 Å². The van der Waals surface area contributed by atoms with Crippen LogP contribution in [0, 0.1) is 6.92 Å². The smallest absolute Gasteiger partial charge is 0.354 e. The number of imidazole rings is 1. The Labute approximate surface area is 79.8 Å². The minimum Gasteiger partial charge on any atom is -0.477 e. The van der Waals surface area contributed by atoms with E-state index in [0.29, 0.717) is 17.0 Å². The topological polar surface area (TPSA) is 80.6 Å². The van der Waals surface area contributed by atoms with Gasteiger partial charge in [-0.1, -0.05) is 0 Å². The van der Waals surface area contributed by atoms with Crippen molar-refractivity contribution in [2.45, 2.75) is 6.92 Å². The lowest BCUT2D eigenvalue weighted by Gasteiger charge is -1.97. The number of nitrogens with zero attached hydrogens (tertiary/aromatic N) is 2. The van der Waals surface area contributed by atoms with E-state index in [4.69, 9.17) is 10.8 Å². The Morgan fingerprint density at radius 1 is 1.64 bits per heavy atom. The first-order valence-electron chi connectivity index (χ1n) is 4.07. The summed E-state index contributed by atoms with van der Waals surface area (Å²) in [6.45, 7) is 1.66. The van der Waals surface area contributed by atoms with Gasteiger partial charge in [-0.15, -0.1) is 0 Å². The van der Waals surface area contributed by atoms with E-state index in [2.05, 4.69) is 4.98 Å².